The van der Waals surface area contributed by atoms with Gasteiger partial charge in [0.25, 0.3) is 0 Å². The molecule has 2 rings (SSSR count). The van der Waals surface area contributed by atoms with Crippen LogP contribution in [0.25, 0.3) is 0 Å². The average Bonchev–Trinajstić information content (AvgIpc) is 2.67. The van der Waals surface area contributed by atoms with E-state index in [9.17, 15) is 13.2 Å². The fourth-order valence-electron chi connectivity index (χ4n) is 2.41. The number of sulfonamides is 1. The lowest BCUT2D eigenvalue weighted by atomic mass is 9.97. The van der Waals surface area contributed by atoms with Gasteiger partial charge in [-0.3, -0.25) is 9.48 Å². The fourth-order valence-corrected chi connectivity index (χ4v) is 3.28. The largest absolute Gasteiger partial charge is 0.311 e. The summed E-state index contributed by atoms with van der Waals surface area (Å²) in [6.07, 6.45) is 2.30. The van der Waals surface area contributed by atoms with Crippen molar-refractivity contribution in [2.75, 3.05) is 24.7 Å². The van der Waals surface area contributed by atoms with Crippen LogP contribution in [0.4, 0.5) is 5.82 Å². The summed E-state index contributed by atoms with van der Waals surface area (Å²) < 4.78 is 25.9. The molecule has 1 saturated heterocycles. The summed E-state index contributed by atoms with van der Waals surface area (Å²) in [6.45, 7) is 2.67. The number of amides is 1. The molecule has 0 radical (unpaired) electrons. The quantitative estimate of drug-likeness (QED) is 0.872. The van der Waals surface area contributed by atoms with Gasteiger partial charge in [-0.1, -0.05) is 0 Å². The molecule has 1 N–H and O–H groups in total. The number of anilines is 1. The van der Waals surface area contributed by atoms with E-state index in [2.05, 4.69) is 10.4 Å². The van der Waals surface area contributed by atoms with Gasteiger partial charge in [0.2, 0.25) is 15.9 Å². The van der Waals surface area contributed by atoms with Gasteiger partial charge < -0.3 is 5.32 Å². The lowest BCUT2D eigenvalue weighted by Gasteiger charge is -2.29. The van der Waals surface area contributed by atoms with E-state index < -0.39 is 10.0 Å². The highest BCUT2D eigenvalue weighted by molar-refractivity contribution is 7.88. The van der Waals surface area contributed by atoms with Gasteiger partial charge >= 0.3 is 0 Å². The van der Waals surface area contributed by atoms with E-state index in [0.29, 0.717) is 31.7 Å². The fraction of sp³-hybridized carbons (Fsp3) is 0.667. The normalized spacial score (nSPS) is 18.1. The van der Waals surface area contributed by atoms with Gasteiger partial charge in [0.1, 0.15) is 5.82 Å². The number of rotatable bonds is 3. The number of hydrogen-bond donors (Lipinski definition) is 1. The second-order valence-electron chi connectivity index (χ2n) is 5.22. The number of aromatic nitrogens is 2. The number of piperidine rings is 1. The molecule has 1 aliphatic rings. The highest BCUT2D eigenvalue weighted by atomic mass is 32.2. The van der Waals surface area contributed by atoms with Crippen LogP contribution in [0.1, 0.15) is 18.5 Å². The van der Waals surface area contributed by atoms with Crippen molar-refractivity contribution in [1.29, 1.82) is 0 Å². The van der Waals surface area contributed by atoms with Gasteiger partial charge in [-0.2, -0.15) is 5.10 Å². The van der Waals surface area contributed by atoms with Crippen molar-refractivity contribution in [2.45, 2.75) is 19.8 Å². The number of hydrogen-bond acceptors (Lipinski definition) is 4. The maximum atomic E-state index is 12.2. The van der Waals surface area contributed by atoms with Crippen molar-refractivity contribution in [3.8, 4) is 0 Å². The van der Waals surface area contributed by atoms with Crippen LogP contribution in [0.3, 0.4) is 0 Å². The van der Waals surface area contributed by atoms with E-state index in [1.54, 1.807) is 11.7 Å². The summed E-state index contributed by atoms with van der Waals surface area (Å²) >= 11 is 0. The van der Waals surface area contributed by atoms with Crippen LogP contribution in [-0.4, -0.2) is 47.8 Å². The Bertz CT molecular complexity index is 600. The molecule has 1 amide bonds. The number of nitrogens with one attached hydrogen (secondary N) is 1. The summed E-state index contributed by atoms with van der Waals surface area (Å²) in [7, 11) is -1.38. The Morgan fingerprint density at radius 1 is 1.40 bits per heavy atom. The summed E-state index contributed by atoms with van der Waals surface area (Å²) in [5.41, 5.74) is 0.842. The first kappa shape index (κ1) is 15.0. The van der Waals surface area contributed by atoms with Crippen LogP contribution in [0.15, 0.2) is 6.07 Å². The van der Waals surface area contributed by atoms with Crippen molar-refractivity contribution in [1.82, 2.24) is 14.1 Å². The van der Waals surface area contributed by atoms with Crippen LogP contribution in [-0.2, 0) is 21.9 Å². The molecule has 0 aliphatic carbocycles. The molecule has 0 unspecified atom stereocenters. The number of carbonyl (C=O) groups excluding carboxylic acids is 1. The Morgan fingerprint density at radius 3 is 2.45 bits per heavy atom. The van der Waals surface area contributed by atoms with E-state index >= 15 is 0 Å². The van der Waals surface area contributed by atoms with E-state index in [0.717, 1.165) is 5.69 Å². The lowest BCUT2D eigenvalue weighted by molar-refractivity contribution is -0.121. The first-order valence-electron chi connectivity index (χ1n) is 6.54. The van der Waals surface area contributed by atoms with Gasteiger partial charge in [-0.25, -0.2) is 12.7 Å². The SMILES string of the molecule is Cc1cc(NC(=O)C2CCN(S(C)(=O)=O)CC2)n(C)n1. The second-order valence-corrected chi connectivity index (χ2v) is 7.20. The Labute approximate surface area is 119 Å². The molecule has 1 aromatic heterocycles. The van der Waals surface area contributed by atoms with Crippen LogP contribution < -0.4 is 5.32 Å². The molecule has 0 saturated carbocycles. The first-order chi connectivity index (χ1) is 9.27. The lowest BCUT2D eigenvalue weighted by Crippen LogP contribution is -2.41. The minimum atomic E-state index is -3.15. The van der Waals surface area contributed by atoms with Gasteiger partial charge in [0.15, 0.2) is 0 Å². The number of nitrogens with zero attached hydrogens (tertiary/aromatic N) is 3. The van der Waals surface area contributed by atoms with Gasteiger partial charge in [0, 0.05) is 32.1 Å². The molecule has 20 heavy (non-hydrogen) atoms. The summed E-state index contributed by atoms with van der Waals surface area (Å²) in [5, 5.41) is 7.02. The van der Waals surface area contributed by atoms with Crippen molar-refractivity contribution in [3.05, 3.63) is 11.8 Å². The molecule has 0 bridgehead atoms. The Balaban J connectivity index is 1.94. The highest BCUT2D eigenvalue weighted by Gasteiger charge is 2.29. The van der Waals surface area contributed by atoms with E-state index in [-0.39, 0.29) is 11.8 Å². The smallest absolute Gasteiger partial charge is 0.228 e. The molecule has 7 nitrogen and oxygen atoms in total. The molecule has 8 heteroatoms. The van der Waals surface area contributed by atoms with Crippen LogP contribution >= 0.6 is 0 Å². The maximum Gasteiger partial charge on any atom is 0.228 e. The van der Waals surface area contributed by atoms with Crippen molar-refractivity contribution < 1.29 is 13.2 Å². The zero-order chi connectivity index (χ0) is 14.9. The van der Waals surface area contributed by atoms with E-state index in [4.69, 9.17) is 0 Å². The van der Waals surface area contributed by atoms with Crippen molar-refractivity contribution in [3.63, 3.8) is 0 Å². The Kier molecular flexibility index (Phi) is 4.14. The zero-order valence-electron chi connectivity index (χ0n) is 12.0. The molecule has 112 valence electrons. The third-order valence-electron chi connectivity index (χ3n) is 3.55. The Hall–Kier alpha value is -1.41. The van der Waals surface area contributed by atoms with Crippen molar-refractivity contribution in [2.24, 2.45) is 13.0 Å². The monoisotopic (exact) mass is 300 g/mol. The standard InChI is InChI=1S/C12H20N4O3S/c1-9-8-11(15(2)14-9)13-12(17)10-4-6-16(7-5-10)20(3,18)19/h8,10H,4-7H2,1-3H3,(H,13,17). The van der Waals surface area contributed by atoms with Crippen LogP contribution in [0.2, 0.25) is 0 Å². The molecule has 0 spiro atoms. The molecule has 0 atom stereocenters. The Morgan fingerprint density at radius 2 is 2.00 bits per heavy atom. The third kappa shape index (κ3) is 3.37. The van der Waals surface area contributed by atoms with Gasteiger partial charge in [-0.05, 0) is 19.8 Å². The van der Waals surface area contributed by atoms with Gasteiger partial charge in [0.05, 0.1) is 11.9 Å². The van der Waals surface area contributed by atoms with E-state index in [1.807, 2.05) is 13.0 Å². The minimum Gasteiger partial charge on any atom is -0.311 e. The predicted octanol–water partition coefficient (Wildman–Crippen LogP) is 0.339. The van der Waals surface area contributed by atoms with E-state index in [1.165, 1.54) is 10.6 Å². The second kappa shape index (κ2) is 5.53. The number of carbonyl (C=O) groups is 1. The predicted molar refractivity (Wildman–Crippen MR) is 75.7 cm³/mol. The topological polar surface area (TPSA) is 84.3 Å². The van der Waals surface area contributed by atoms with Gasteiger partial charge in [-0.15, -0.1) is 0 Å². The average molecular weight is 300 g/mol. The zero-order valence-corrected chi connectivity index (χ0v) is 12.8. The molecule has 0 aromatic carbocycles. The molecule has 1 aromatic rings. The minimum absolute atomic E-state index is 0.0684. The van der Waals surface area contributed by atoms with Crippen LogP contribution in [0, 0.1) is 12.8 Å². The molecular weight excluding hydrogens is 280 g/mol. The molecule has 2 heterocycles. The maximum absolute atomic E-state index is 12.2. The summed E-state index contributed by atoms with van der Waals surface area (Å²) in [5.74, 6) is 0.447. The first-order valence-corrected chi connectivity index (χ1v) is 8.39. The van der Waals surface area contributed by atoms with Crippen molar-refractivity contribution >= 4 is 21.7 Å². The van der Waals surface area contributed by atoms with Crippen LogP contribution in [0.5, 0.6) is 0 Å². The summed E-state index contributed by atoms with van der Waals surface area (Å²) in [4.78, 5) is 12.2. The molecular formula is C12H20N4O3S. The molecule has 1 aliphatic heterocycles. The third-order valence-corrected chi connectivity index (χ3v) is 4.85. The molecule has 1 fully saturated rings. The number of aryl methyl sites for hydroxylation is 2. The summed E-state index contributed by atoms with van der Waals surface area (Å²) in [6, 6.07) is 1.81. The highest BCUT2D eigenvalue weighted by Crippen LogP contribution is 2.21.